The van der Waals surface area contributed by atoms with Crippen LogP contribution >= 0.6 is 0 Å². The lowest BCUT2D eigenvalue weighted by Gasteiger charge is -2.16. The second kappa shape index (κ2) is 12.8. The van der Waals surface area contributed by atoms with Crippen LogP contribution in [-0.2, 0) is 24.0 Å². The van der Waals surface area contributed by atoms with Crippen molar-refractivity contribution >= 4 is 29.3 Å². The van der Waals surface area contributed by atoms with Gasteiger partial charge in [-0.25, -0.2) is 0 Å². The summed E-state index contributed by atoms with van der Waals surface area (Å²) in [7, 11) is 0. The van der Waals surface area contributed by atoms with E-state index >= 15 is 0 Å². The lowest BCUT2D eigenvalue weighted by atomic mass is 10.0. The number of amides is 3. The van der Waals surface area contributed by atoms with Crippen molar-refractivity contribution in [2.75, 3.05) is 13.1 Å². The van der Waals surface area contributed by atoms with Crippen molar-refractivity contribution in [2.45, 2.75) is 59.8 Å². The maximum absolute atomic E-state index is 11.4. The highest BCUT2D eigenvalue weighted by molar-refractivity contribution is 6.13. The number of hydrogen-bond acceptors (Lipinski definition) is 5. The molecule has 7 nitrogen and oxygen atoms in total. The molecule has 0 unspecified atom stereocenters. The number of hydrogen-bond donors (Lipinski definition) is 0. The number of imide groups is 1. The molecule has 0 atom stereocenters. The molecule has 0 aromatic carbocycles. The Morgan fingerprint density at radius 1 is 0.710 bits per heavy atom. The van der Waals surface area contributed by atoms with E-state index < -0.39 is 0 Å². The largest absolute Gasteiger partial charge is 0.309 e. The number of ketones is 2. The van der Waals surface area contributed by atoms with Gasteiger partial charge in [-0.05, 0) is 18.9 Å². The van der Waals surface area contributed by atoms with Crippen LogP contribution in [0.4, 0.5) is 0 Å². The van der Waals surface area contributed by atoms with Crippen LogP contribution in [0.1, 0.15) is 59.8 Å². The molecule has 0 saturated carbocycles. The molecule has 170 valence electrons. The molecular formula is C24H34N2O5. The van der Waals surface area contributed by atoms with Gasteiger partial charge in [0.05, 0.1) is 0 Å². The summed E-state index contributed by atoms with van der Waals surface area (Å²) in [6, 6.07) is 0. The number of nitrogens with zero attached hydrogens (tertiary/aromatic N) is 2. The first-order chi connectivity index (χ1) is 14.5. The number of carbonyl (C=O) groups excluding carboxylic acids is 5. The molecule has 0 bridgehead atoms. The van der Waals surface area contributed by atoms with E-state index in [2.05, 4.69) is 6.58 Å². The van der Waals surface area contributed by atoms with Crippen molar-refractivity contribution in [1.82, 2.24) is 9.80 Å². The Bertz CT molecular complexity index is 741. The van der Waals surface area contributed by atoms with E-state index in [-0.39, 0.29) is 48.3 Å². The average molecular weight is 431 g/mol. The third-order valence-corrected chi connectivity index (χ3v) is 5.11. The normalized spacial score (nSPS) is 15.4. The van der Waals surface area contributed by atoms with Gasteiger partial charge in [0.15, 0.2) is 0 Å². The Morgan fingerprint density at radius 2 is 1.19 bits per heavy atom. The molecule has 3 amide bonds. The monoisotopic (exact) mass is 430 g/mol. The minimum absolute atomic E-state index is 0.0215. The number of unbranched alkanes of at least 4 members (excludes halogenated alkanes) is 2. The van der Waals surface area contributed by atoms with Crippen molar-refractivity contribution in [1.29, 1.82) is 0 Å². The van der Waals surface area contributed by atoms with Crippen LogP contribution in [0.15, 0.2) is 36.6 Å². The zero-order chi connectivity index (χ0) is 23.6. The summed E-state index contributed by atoms with van der Waals surface area (Å²) in [4.78, 5) is 58.9. The Balaban J connectivity index is 0.000000316. The van der Waals surface area contributed by atoms with E-state index in [9.17, 15) is 24.0 Å². The Labute approximate surface area is 184 Å². The molecule has 0 spiro atoms. The third kappa shape index (κ3) is 8.82. The molecule has 0 aliphatic carbocycles. The fourth-order valence-electron chi connectivity index (χ4n) is 2.94. The van der Waals surface area contributed by atoms with E-state index in [1.165, 1.54) is 12.2 Å². The number of carbonyl (C=O) groups is 5. The van der Waals surface area contributed by atoms with Crippen LogP contribution < -0.4 is 0 Å². The fourth-order valence-corrected chi connectivity index (χ4v) is 2.94. The Kier molecular flexibility index (Phi) is 10.8. The highest BCUT2D eigenvalue weighted by Gasteiger charge is 2.23. The summed E-state index contributed by atoms with van der Waals surface area (Å²) in [6.45, 7) is 12.2. The van der Waals surface area contributed by atoms with E-state index in [1.807, 2.05) is 13.8 Å². The molecule has 0 fully saturated rings. The minimum Gasteiger partial charge on any atom is -0.309 e. The highest BCUT2D eigenvalue weighted by atomic mass is 16.2. The average Bonchev–Trinajstić information content (AvgIpc) is 3.20. The standard InChI is InChI=1S/C14H21NO2.C10H13NO3/c1-11(2)13(16)7-5-4-6-10-15-12(3)8-9-14(15)17;1-7(2)8(12)5-6-11-9(13)3-4-10(11)14/h8-9,11H,3-7,10H2,1-2H3;3-4,7H,5-6H2,1-2H3. The van der Waals surface area contributed by atoms with Gasteiger partial charge in [0, 0.05) is 61.7 Å². The van der Waals surface area contributed by atoms with Crippen LogP contribution in [0.25, 0.3) is 0 Å². The molecule has 2 aliphatic rings. The van der Waals surface area contributed by atoms with Crippen molar-refractivity contribution < 1.29 is 24.0 Å². The SMILES string of the molecule is C=C1C=CC(=O)N1CCCCCC(=O)C(C)C.CC(C)C(=O)CCN1C(=O)C=CC1=O. The number of allylic oxidation sites excluding steroid dienone is 1. The summed E-state index contributed by atoms with van der Waals surface area (Å²) < 4.78 is 0. The summed E-state index contributed by atoms with van der Waals surface area (Å²) >= 11 is 0. The summed E-state index contributed by atoms with van der Waals surface area (Å²) in [5, 5.41) is 0. The smallest absolute Gasteiger partial charge is 0.253 e. The first-order valence-corrected chi connectivity index (χ1v) is 10.8. The molecule has 7 heteroatoms. The summed E-state index contributed by atoms with van der Waals surface area (Å²) in [5.74, 6) is -0.146. The molecule has 2 rings (SSSR count). The molecular weight excluding hydrogens is 396 g/mol. The molecule has 2 heterocycles. The van der Waals surface area contributed by atoms with E-state index in [1.54, 1.807) is 30.9 Å². The van der Waals surface area contributed by atoms with Crippen LogP contribution in [0.5, 0.6) is 0 Å². The molecule has 0 radical (unpaired) electrons. The lowest BCUT2D eigenvalue weighted by molar-refractivity contribution is -0.137. The van der Waals surface area contributed by atoms with Gasteiger partial charge in [0.25, 0.3) is 17.7 Å². The first-order valence-electron chi connectivity index (χ1n) is 10.8. The number of Topliss-reactive ketones (excluding diaryl/α,β-unsaturated/α-hetero) is 2. The van der Waals surface area contributed by atoms with E-state index in [0.717, 1.165) is 29.9 Å². The zero-order valence-corrected chi connectivity index (χ0v) is 19.1. The summed E-state index contributed by atoms with van der Waals surface area (Å²) in [5.41, 5.74) is 0.772. The molecule has 0 aromatic rings. The quantitative estimate of drug-likeness (QED) is 0.371. The van der Waals surface area contributed by atoms with Crippen LogP contribution in [0.3, 0.4) is 0 Å². The van der Waals surface area contributed by atoms with Gasteiger partial charge in [0.2, 0.25) is 0 Å². The van der Waals surface area contributed by atoms with Gasteiger partial charge in [-0.1, -0.05) is 40.7 Å². The minimum atomic E-state index is -0.327. The van der Waals surface area contributed by atoms with Crippen LogP contribution in [-0.4, -0.2) is 52.2 Å². The lowest BCUT2D eigenvalue weighted by Crippen LogP contribution is -2.32. The van der Waals surface area contributed by atoms with Gasteiger partial charge >= 0.3 is 0 Å². The third-order valence-electron chi connectivity index (χ3n) is 5.11. The van der Waals surface area contributed by atoms with E-state index in [4.69, 9.17) is 0 Å². The van der Waals surface area contributed by atoms with E-state index in [0.29, 0.717) is 18.7 Å². The fraction of sp³-hybridized carbons (Fsp3) is 0.542. The predicted octanol–water partition coefficient (Wildman–Crippen LogP) is 3.21. The second-order valence-electron chi connectivity index (χ2n) is 8.28. The van der Waals surface area contributed by atoms with Crippen molar-refractivity contribution in [3.63, 3.8) is 0 Å². The summed E-state index contributed by atoms with van der Waals surface area (Å²) in [6.07, 6.45) is 9.47. The predicted molar refractivity (Wildman–Crippen MR) is 119 cm³/mol. The number of rotatable bonds is 11. The van der Waals surface area contributed by atoms with Crippen LogP contribution in [0.2, 0.25) is 0 Å². The molecule has 31 heavy (non-hydrogen) atoms. The van der Waals surface area contributed by atoms with Gasteiger partial charge in [0.1, 0.15) is 11.6 Å². The topological polar surface area (TPSA) is 91.8 Å². The molecule has 0 saturated heterocycles. The Hall–Kier alpha value is -2.83. The first kappa shape index (κ1) is 26.2. The Morgan fingerprint density at radius 3 is 1.68 bits per heavy atom. The van der Waals surface area contributed by atoms with Gasteiger partial charge in [-0.3, -0.25) is 28.9 Å². The van der Waals surface area contributed by atoms with Crippen molar-refractivity contribution in [3.8, 4) is 0 Å². The van der Waals surface area contributed by atoms with Crippen LogP contribution in [0, 0.1) is 11.8 Å². The zero-order valence-electron chi connectivity index (χ0n) is 19.1. The highest BCUT2D eigenvalue weighted by Crippen LogP contribution is 2.15. The maximum atomic E-state index is 11.4. The molecule has 0 aromatic heterocycles. The second-order valence-corrected chi connectivity index (χ2v) is 8.28. The van der Waals surface area contributed by atoms with Crippen molar-refractivity contribution in [2.24, 2.45) is 11.8 Å². The van der Waals surface area contributed by atoms with Gasteiger partial charge < -0.3 is 4.90 Å². The maximum Gasteiger partial charge on any atom is 0.253 e. The van der Waals surface area contributed by atoms with Crippen molar-refractivity contribution in [3.05, 3.63) is 36.6 Å². The molecule has 2 aliphatic heterocycles. The van der Waals surface area contributed by atoms with Gasteiger partial charge in [-0.15, -0.1) is 0 Å². The van der Waals surface area contributed by atoms with Gasteiger partial charge in [-0.2, -0.15) is 0 Å². The molecule has 0 N–H and O–H groups in total.